The number of thioether (sulfide) groups is 1. The van der Waals surface area contributed by atoms with E-state index in [9.17, 15) is 0 Å². The van der Waals surface area contributed by atoms with E-state index in [-0.39, 0.29) is 0 Å². The summed E-state index contributed by atoms with van der Waals surface area (Å²) in [7, 11) is 2.13. The number of likely N-dealkylation sites (N-methyl/N-ethyl adjacent to an activating group) is 1. The van der Waals surface area contributed by atoms with Gasteiger partial charge in [0.15, 0.2) is 6.29 Å². The number of halogens is 1. The second kappa shape index (κ2) is 9.63. The standard InChI is InChI=1S/C20H25ClN8S/c1-3-16-23-19(27-20(24-16)29-11-9-28(2)10-12-29)26-18-22-15(21)13-17(25-18)30-14-7-5-4-6-8-14/h4-8,13,18,22H,3,9-12H2,1-2H3,(H,23,24,26,27). The van der Waals surface area contributed by atoms with Gasteiger partial charge in [-0.1, -0.05) is 48.5 Å². The van der Waals surface area contributed by atoms with Crippen molar-refractivity contribution in [1.29, 1.82) is 0 Å². The molecule has 0 spiro atoms. The maximum atomic E-state index is 6.31. The summed E-state index contributed by atoms with van der Waals surface area (Å²) in [6.07, 6.45) is 2.09. The van der Waals surface area contributed by atoms with Crippen LogP contribution in [0, 0.1) is 0 Å². The predicted octanol–water partition coefficient (Wildman–Crippen LogP) is 2.76. The monoisotopic (exact) mass is 444 g/mol. The van der Waals surface area contributed by atoms with Gasteiger partial charge in [-0.15, -0.1) is 0 Å². The van der Waals surface area contributed by atoms with E-state index in [2.05, 4.69) is 42.4 Å². The van der Waals surface area contributed by atoms with E-state index in [1.807, 2.05) is 43.3 Å². The molecule has 0 bridgehead atoms. The van der Waals surface area contributed by atoms with Gasteiger partial charge in [0.25, 0.3) is 0 Å². The number of piperazine rings is 1. The third-order valence-corrected chi connectivity index (χ3v) is 5.94. The molecular weight excluding hydrogens is 420 g/mol. The molecule has 10 heteroatoms. The second-order valence-electron chi connectivity index (χ2n) is 7.09. The quantitative estimate of drug-likeness (QED) is 0.681. The van der Waals surface area contributed by atoms with E-state index in [0.29, 0.717) is 17.1 Å². The number of nitrogens with zero attached hydrogens (tertiary/aromatic N) is 6. The Morgan fingerprint density at radius 2 is 1.90 bits per heavy atom. The van der Waals surface area contributed by atoms with Crippen LogP contribution in [0.1, 0.15) is 12.7 Å². The number of aromatic nitrogens is 3. The van der Waals surface area contributed by atoms with Gasteiger partial charge in [-0.25, -0.2) is 4.99 Å². The Bertz CT molecular complexity index is 928. The zero-order valence-corrected chi connectivity index (χ0v) is 18.6. The number of benzene rings is 1. The summed E-state index contributed by atoms with van der Waals surface area (Å²) in [5.74, 6) is 1.95. The molecule has 0 saturated carbocycles. The molecule has 2 aliphatic heterocycles. The topological polar surface area (TPSA) is 81.6 Å². The summed E-state index contributed by atoms with van der Waals surface area (Å²) in [4.78, 5) is 24.1. The highest BCUT2D eigenvalue weighted by Crippen LogP contribution is 2.24. The number of hydrogen-bond acceptors (Lipinski definition) is 9. The van der Waals surface area contributed by atoms with Crippen LogP contribution in [-0.4, -0.2) is 64.4 Å². The van der Waals surface area contributed by atoms with Crippen molar-refractivity contribution >= 4 is 40.3 Å². The van der Waals surface area contributed by atoms with Crippen LogP contribution in [0.25, 0.3) is 0 Å². The zero-order chi connectivity index (χ0) is 20.9. The lowest BCUT2D eigenvalue weighted by molar-refractivity contribution is 0.311. The Kier molecular flexibility index (Phi) is 6.71. The number of hydrogen-bond donors (Lipinski definition) is 2. The summed E-state index contributed by atoms with van der Waals surface area (Å²) in [5, 5.41) is 7.70. The van der Waals surface area contributed by atoms with E-state index in [0.717, 1.165) is 48.4 Å². The molecule has 1 saturated heterocycles. The van der Waals surface area contributed by atoms with Gasteiger partial charge < -0.3 is 20.4 Å². The fourth-order valence-corrected chi connectivity index (χ4v) is 4.25. The SMILES string of the molecule is CCc1nc(NC2N=C(Sc3ccccc3)C=C(Cl)N2)nc(N2CCN(C)CC2)n1. The first kappa shape index (κ1) is 20.9. The van der Waals surface area contributed by atoms with E-state index < -0.39 is 6.29 Å². The highest BCUT2D eigenvalue weighted by atomic mass is 35.5. The molecule has 2 N–H and O–H groups in total. The first-order chi connectivity index (χ1) is 14.6. The Balaban J connectivity index is 1.51. The third kappa shape index (κ3) is 5.41. The minimum absolute atomic E-state index is 0.457. The highest BCUT2D eigenvalue weighted by molar-refractivity contribution is 8.14. The van der Waals surface area contributed by atoms with Crippen molar-refractivity contribution in [3.05, 3.63) is 47.4 Å². The molecule has 0 amide bonds. The van der Waals surface area contributed by atoms with Gasteiger partial charge in [0.2, 0.25) is 11.9 Å². The van der Waals surface area contributed by atoms with Crippen LogP contribution in [0.3, 0.4) is 0 Å². The number of nitrogens with one attached hydrogen (secondary N) is 2. The van der Waals surface area contributed by atoms with Crippen molar-refractivity contribution in [2.24, 2.45) is 4.99 Å². The number of aliphatic imine (C=N–C) groups is 1. The van der Waals surface area contributed by atoms with E-state index in [4.69, 9.17) is 16.6 Å². The fraction of sp³-hybridized carbons (Fsp3) is 0.400. The van der Waals surface area contributed by atoms with E-state index in [1.165, 1.54) is 0 Å². The molecule has 1 unspecified atom stereocenters. The van der Waals surface area contributed by atoms with E-state index >= 15 is 0 Å². The van der Waals surface area contributed by atoms with Gasteiger partial charge in [0, 0.05) is 43.6 Å². The molecule has 30 heavy (non-hydrogen) atoms. The average molecular weight is 445 g/mol. The van der Waals surface area contributed by atoms with Crippen LogP contribution in [0.5, 0.6) is 0 Å². The molecular formula is C20H25ClN8S. The largest absolute Gasteiger partial charge is 0.338 e. The molecule has 1 aromatic carbocycles. The molecule has 1 fully saturated rings. The molecule has 158 valence electrons. The first-order valence-electron chi connectivity index (χ1n) is 9.98. The molecule has 3 heterocycles. The maximum Gasteiger partial charge on any atom is 0.230 e. The summed E-state index contributed by atoms with van der Waals surface area (Å²) < 4.78 is 0. The lowest BCUT2D eigenvalue weighted by Gasteiger charge is -2.32. The molecule has 0 radical (unpaired) electrons. The summed E-state index contributed by atoms with van der Waals surface area (Å²) in [6, 6.07) is 10.1. The van der Waals surface area contributed by atoms with Crippen LogP contribution in [0.4, 0.5) is 11.9 Å². The van der Waals surface area contributed by atoms with Crippen molar-refractivity contribution in [2.45, 2.75) is 24.5 Å². The smallest absolute Gasteiger partial charge is 0.230 e. The molecule has 1 atom stereocenters. The van der Waals surface area contributed by atoms with Crippen molar-refractivity contribution in [1.82, 2.24) is 25.2 Å². The van der Waals surface area contributed by atoms with Gasteiger partial charge in [-0.2, -0.15) is 15.0 Å². The minimum atomic E-state index is -0.457. The van der Waals surface area contributed by atoms with Crippen molar-refractivity contribution in [3.8, 4) is 0 Å². The average Bonchev–Trinajstić information content (AvgIpc) is 2.74. The van der Waals surface area contributed by atoms with Gasteiger partial charge >= 0.3 is 0 Å². The zero-order valence-electron chi connectivity index (χ0n) is 17.0. The Labute approximate surface area is 185 Å². The number of aryl methyl sites for hydroxylation is 1. The summed E-state index contributed by atoms with van der Waals surface area (Å²) >= 11 is 7.87. The first-order valence-corrected chi connectivity index (χ1v) is 11.2. The second-order valence-corrected chi connectivity index (χ2v) is 8.59. The van der Waals surface area contributed by atoms with Crippen LogP contribution in [0.2, 0.25) is 0 Å². The third-order valence-electron chi connectivity index (χ3n) is 4.78. The lowest BCUT2D eigenvalue weighted by atomic mass is 10.3. The Morgan fingerprint density at radius 1 is 1.13 bits per heavy atom. The van der Waals surface area contributed by atoms with Crippen molar-refractivity contribution in [2.75, 3.05) is 43.4 Å². The van der Waals surface area contributed by atoms with Crippen molar-refractivity contribution in [3.63, 3.8) is 0 Å². The molecule has 2 aliphatic rings. The molecule has 2 aromatic rings. The molecule has 4 rings (SSSR count). The summed E-state index contributed by atoms with van der Waals surface area (Å²) in [5.41, 5.74) is 0. The number of anilines is 2. The Hall–Kier alpha value is -2.36. The van der Waals surface area contributed by atoms with Gasteiger partial charge in [0.1, 0.15) is 16.0 Å². The van der Waals surface area contributed by atoms with E-state index in [1.54, 1.807) is 11.8 Å². The Morgan fingerprint density at radius 3 is 2.63 bits per heavy atom. The van der Waals surface area contributed by atoms with Crippen molar-refractivity contribution < 1.29 is 0 Å². The lowest BCUT2D eigenvalue weighted by Crippen LogP contribution is -2.45. The normalized spacial score (nSPS) is 19.7. The summed E-state index contributed by atoms with van der Waals surface area (Å²) in [6.45, 7) is 5.82. The highest BCUT2D eigenvalue weighted by Gasteiger charge is 2.20. The fourth-order valence-electron chi connectivity index (χ4n) is 3.11. The van der Waals surface area contributed by atoms with Crippen LogP contribution in [0.15, 0.2) is 51.5 Å². The van der Waals surface area contributed by atoms with Crippen LogP contribution < -0.4 is 15.5 Å². The van der Waals surface area contributed by atoms with Gasteiger partial charge in [-0.05, 0) is 19.2 Å². The minimum Gasteiger partial charge on any atom is -0.338 e. The maximum absolute atomic E-state index is 6.31. The van der Waals surface area contributed by atoms with Gasteiger partial charge in [-0.3, -0.25) is 0 Å². The van der Waals surface area contributed by atoms with Crippen LogP contribution in [-0.2, 0) is 6.42 Å². The van der Waals surface area contributed by atoms with Gasteiger partial charge in [0.05, 0.1) is 0 Å². The van der Waals surface area contributed by atoms with Crippen LogP contribution >= 0.6 is 23.4 Å². The molecule has 1 aromatic heterocycles. The predicted molar refractivity (Wildman–Crippen MR) is 123 cm³/mol. The molecule has 0 aliphatic carbocycles. The number of rotatable bonds is 5. The molecule has 8 nitrogen and oxygen atoms in total.